The van der Waals surface area contributed by atoms with Gasteiger partial charge in [0, 0.05) is 43.7 Å². The molecule has 0 saturated heterocycles. The van der Waals surface area contributed by atoms with Gasteiger partial charge in [-0.25, -0.2) is 13.4 Å². The van der Waals surface area contributed by atoms with Crippen LogP contribution in [0.1, 0.15) is 29.8 Å². The maximum Gasteiger partial charge on any atom is 0.259 e. The molecule has 3 aromatic rings. The summed E-state index contributed by atoms with van der Waals surface area (Å²) in [4.78, 5) is 23.9. The molecule has 10 heteroatoms. The Bertz CT molecular complexity index is 1350. The fourth-order valence-electron chi connectivity index (χ4n) is 4.26. The second kappa shape index (κ2) is 11.0. The van der Waals surface area contributed by atoms with Crippen molar-refractivity contribution in [2.24, 2.45) is 5.92 Å². The molecule has 9 nitrogen and oxygen atoms in total. The van der Waals surface area contributed by atoms with E-state index in [1.807, 2.05) is 26.0 Å². The van der Waals surface area contributed by atoms with E-state index in [-0.39, 0.29) is 47.9 Å². The van der Waals surface area contributed by atoms with Crippen molar-refractivity contribution in [1.82, 2.24) is 19.2 Å². The van der Waals surface area contributed by atoms with Gasteiger partial charge in [0.15, 0.2) is 0 Å². The summed E-state index contributed by atoms with van der Waals surface area (Å²) in [5.41, 5.74) is 2.79. The van der Waals surface area contributed by atoms with E-state index in [4.69, 9.17) is 4.74 Å². The third-order valence-electron chi connectivity index (χ3n) is 6.70. The van der Waals surface area contributed by atoms with E-state index in [1.54, 1.807) is 60.7 Å². The zero-order valence-electron chi connectivity index (χ0n) is 21.4. The number of hydrogen-bond donors (Lipinski definition) is 1. The first-order chi connectivity index (χ1) is 17.6. The molecule has 3 heterocycles. The zero-order valence-corrected chi connectivity index (χ0v) is 22.2. The second-order valence-corrected chi connectivity index (χ2v) is 11.6. The van der Waals surface area contributed by atoms with Gasteiger partial charge in [-0.3, -0.25) is 9.78 Å². The summed E-state index contributed by atoms with van der Waals surface area (Å²) in [6, 6.07) is 11.6. The van der Waals surface area contributed by atoms with Crippen LogP contribution in [0.2, 0.25) is 0 Å². The fraction of sp³-hybridized carbons (Fsp3) is 0.370. The molecule has 1 aliphatic rings. The van der Waals surface area contributed by atoms with E-state index >= 15 is 0 Å². The summed E-state index contributed by atoms with van der Waals surface area (Å²) in [5.74, 6) is -0.412. The van der Waals surface area contributed by atoms with Crippen LogP contribution < -0.4 is 4.74 Å². The smallest absolute Gasteiger partial charge is 0.259 e. The van der Waals surface area contributed by atoms with Crippen molar-refractivity contribution in [3.63, 3.8) is 0 Å². The first-order valence-corrected chi connectivity index (χ1v) is 13.6. The lowest BCUT2D eigenvalue weighted by atomic mass is 9.99. The summed E-state index contributed by atoms with van der Waals surface area (Å²) in [5, 5.41) is 9.86. The fourth-order valence-corrected chi connectivity index (χ4v) is 5.45. The molecule has 37 heavy (non-hydrogen) atoms. The highest BCUT2D eigenvalue weighted by atomic mass is 32.2. The quantitative estimate of drug-likeness (QED) is 0.506. The number of aryl methyl sites for hydroxylation is 1. The van der Waals surface area contributed by atoms with Crippen LogP contribution in [-0.2, 0) is 10.0 Å². The number of likely N-dealkylation sites (N-methyl/N-ethyl adjacent to an activating group) is 1. The maximum atomic E-state index is 13.6. The van der Waals surface area contributed by atoms with E-state index in [1.165, 1.54) is 11.4 Å². The number of sulfonamides is 1. The third kappa shape index (κ3) is 5.66. The second-order valence-electron chi connectivity index (χ2n) is 9.53. The Balaban J connectivity index is 1.70. The Morgan fingerprint density at radius 3 is 2.49 bits per heavy atom. The van der Waals surface area contributed by atoms with Crippen LogP contribution in [0.5, 0.6) is 5.88 Å². The highest BCUT2D eigenvalue weighted by molar-refractivity contribution is 7.89. The summed E-state index contributed by atoms with van der Waals surface area (Å²) >= 11 is 0. The van der Waals surface area contributed by atoms with Crippen LogP contribution in [-0.4, -0.2) is 77.5 Å². The lowest BCUT2D eigenvalue weighted by molar-refractivity contribution is 0.0373. The largest absolute Gasteiger partial charge is 0.472 e. The number of aromatic nitrogens is 2. The molecular formula is C27H32N4O5S. The number of amides is 1. The van der Waals surface area contributed by atoms with Gasteiger partial charge in [-0.2, -0.15) is 4.31 Å². The molecule has 0 radical (unpaired) electrons. The summed E-state index contributed by atoms with van der Waals surface area (Å²) in [6.07, 6.45) is 4.35. The van der Waals surface area contributed by atoms with Gasteiger partial charge < -0.3 is 14.7 Å². The Kier molecular flexibility index (Phi) is 7.91. The van der Waals surface area contributed by atoms with Gasteiger partial charge in [0.2, 0.25) is 15.9 Å². The van der Waals surface area contributed by atoms with Gasteiger partial charge in [-0.15, -0.1) is 0 Å². The standard InChI is InChI=1S/C27H32N4O5S/c1-18-5-7-23(8-6-18)37(34,35)30(4)16-25-19(2)15-31(20(3)17-32)27(33)24-13-22(14-29-26(24)36-25)21-9-11-28-12-10-21/h5-14,19-20,25,32H,15-17H2,1-4H3/t19-,20-,25-/m0/s1. The van der Waals surface area contributed by atoms with E-state index < -0.39 is 22.2 Å². The normalized spacial score (nSPS) is 19.1. The summed E-state index contributed by atoms with van der Waals surface area (Å²) in [7, 11) is -2.24. The average Bonchev–Trinajstić information content (AvgIpc) is 2.90. The number of ether oxygens (including phenoxy) is 1. The molecule has 196 valence electrons. The Hall–Kier alpha value is -3.34. The third-order valence-corrected chi connectivity index (χ3v) is 8.54. The van der Waals surface area contributed by atoms with Crippen molar-refractivity contribution in [3.8, 4) is 17.0 Å². The molecule has 1 aliphatic heterocycles. The van der Waals surface area contributed by atoms with Crippen molar-refractivity contribution >= 4 is 15.9 Å². The van der Waals surface area contributed by atoms with Crippen LogP contribution in [0.3, 0.4) is 0 Å². The predicted octanol–water partition coefficient (Wildman–Crippen LogP) is 2.99. The van der Waals surface area contributed by atoms with Crippen LogP contribution in [0.25, 0.3) is 11.1 Å². The van der Waals surface area contributed by atoms with Crippen molar-refractivity contribution in [2.75, 3.05) is 26.7 Å². The zero-order chi connectivity index (χ0) is 26.7. The topological polar surface area (TPSA) is 113 Å². The summed E-state index contributed by atoms with van der Waals surface area (Å²) in [6.45, 7) is 5.70. The molecule has 4 rings (SSSR count). The van der Waals surface area contributed by atoms with Gasteiger partial charge in [-0.05, 0) is 49.7 Å². The number of benzene rings is 1. The van der Waals surface area contributed by atoms with Crippen molar-refractivity contribution < 1.29 is 23.1 Å². The Labute approximate surface area is 217 Å². The maximum absolute atomic E-state index is 13.6. The van der Waals surface area contributed by atoms with Crippen molar-refractivity contribution in [2.45, 2.75) is 37.8 Å². The van der Waals surface area contributed by atoms with Crippen LogP contribution in [0, 0.1) is 12.8 Å². The van der Waals surface area contributed by atoms with Crippen LogP contribution >= 0.6 is 0 Å². The number of pyridine rings is 2. The van der Waals surface area contributed by atoms with E-state index in [9.17, 15) is 18.3 Å². The molecule has 2 aromatic heterocycles. The van der Waals surface area contributed by atoms with Gasteiger partial charge in [-0.1, -0.05) is 24.6 Å². The molecule has 1 aromatic carbocycles. The van der Waals surface area contributed by atoms with Gasteiger partial charge in [0.25, 0.3) is 5.91 Å². The van der Waals surface area contributed by atoms with Crippen LogP contribution in [0.4, 0.5) is 0 Å². The number of carbonyl (C=O) groups excluding carboxylic acids is 1. The van der Waals surface area contributed by atoms with E-state index in [2.05, 4.69) is 9.97 Å². The lowest BCUT2D eigenvalue weighted by Gasteiger charge is -2.37. The van der Waals surface area contributed by atoms with Crippen molar-refractivity contribution in [3.05, 3.63) is 72.2 Å². The molecule has 3 atom stereocenters. The van der Waals surface area contributed by atoms with Gasteiger partial charge in [0.05, 0.1) is 24.1 Å². The molecule has 0 fully saturated rings. The lowest BCUT2D eigenvalue weighted by Crippen LogP contribution is -2.50. The molecular weight excluding hydrogens is 492 g/mol. The number of carbonyl (C=O) groups is 1. The monoisotopic (exact) mass is 524 g/mol. The number of hydrogen-bond acceptors (Lipinski definition) is 7. The SMILES string of the molecule is Cc1ccc(S(=O)(=O)N(C)C[C@@H]2Oc3ncc(-c4ccncc4)cc3C(=O)N([C@@H](C)CO)C[C@@H]2C)cc1. The molecule has 0 spiro atoms. The molecule has 0 saturated carbocycles. The predicted molar refractivity (Wildman–Crippen MR) is 140 cm³/mol. The Morgan fingerprint density at radius 2 is 1.84 bits per heavy atom. The average molecular weight is 525 g/mol. The van der Waals surface area contributed by atoms with Crippen LogP contribution in [0.15, 0.2) is 66.0 Å². The van der Waals surface area contributed by atoms with Gasteiger partial charge >= 0.3 is 0 Å². The van der Waals surface area contributed by atoms with E-state index in [0.29, 0.717) is 0 Å². The molecule has 0 unspecified atom stereocenters. The number of fused-ring (bicyclic) bond motifs is 1. The molecule has 1 N–H and O–H groups in total. The first-order valence-electron chi connectivity index (χ1n) is 12.1. The number of nitrogens with zero attached hydrogens (tertiary/aromatic N) is 4. The number of aliphatic hydroxyl groups is 1. The minimum atomic E-state index is -3.76. The minimum absolute atomic E-state index is 0.0557. The Morgan fingerprint density at radius 1 is 1.16 bits per heavy atom. The van der Waals surface area contributed by atoms with Crippen molar-refractivity contribution in [1.29, 1.82) is 0 Å². The van der Waals surface area contributed by atoms with Gasteiger partial charge in [0.1, 0.15) is 11.7 Å². The summed E-state index contributed by atoms with van der Waals surface area (Å²) < 4.78 is 34.0. The highest BCUT2D eigenvalue weighted by Gasteiger charge is 2.36. The number of aliphatic hydroxyl groups excluding tert-OH is 1. The highest BCUT2D eigenvalue weighted by Crippen LogP contribution is 2.30. The minimum Gasteiger partial charge on any atom is -0.472 e. The first kappa shape index (κ1) is 26.7. The van der Waals surface area contributed by atoms with E-state index in [0.717, 1.165) is 16.7 Å². The molecule has 0 bridgehead atoms. The molecule has 1 amide bonds. The number of rotatable bonds is 7. The molecule has 0 aliphatic carbocycles.